The van der Waals surface area contributed by atoms with Crippen molar-refractivity contribution in [3.63, 3.8) is 0 Å². The van der Waals surface area contributed by atoms with Gasteiger partial charge in [-0.1, -0.05) is 0 Å². The van der Waals surface area contributed by atoms with E-state index in [1.807, 2.05) is 43.0 Å². The van der Waals surface area contributed by atoms with Gasteiger partial charge in [-0.3, -0.25) is 0 Å². The van der Waals surface area contributed by atoms with E-state index in [1.165, 1.54) is 0 Å². The topological polar surface area (TPSA) is 77.2 Å². The molecule has 2 rings (SSSR count). The van der Waals surface area contributed by atoms with Gasteiger partial charge in [0.1, 0.15) is 5.75 Å². The molecule has 112 valence electrons. The van der Waals surface area contributed by atoms with Crippen LogP contribution in [0.2, 0.25) is 0 Å². The summed E-state index contributed by atoms with van der Waals surface area (Å²) in [7, 11) is 1.65. The molecule has 2 aromatic rings. The first-order valence-electron chi connectivity index (χ1n) is 6.95. The van der Waals surface area contributed by atoms with Gasteiger partial charge in [0.2, 0.25) is 5.95 Å². The van der Waals surface area contributed by atoms with Crippen molar-refractivity contribution in [2.45, 2.75) is 20.3 Å². The molecule has 0 aliphatic rings. The lowest BCUT2D eigenvalue weighted by Crippen LogP contribution is -2.23. The fourth-order valence-electron chi connectivity index (χ4n) is 1.92. The Morgan fingerprint density at radius 1 is 1.10 bits per heavy atom. The molecule has 0 unspecified atom stereocenters. The van der Waals surface area contributed by atoms with E-state index in [0.29, 0.717) is 12.5 Å². The maximum absolute atomic E-state index is 5.63. The van der Waals surface area contributed by atoms with Gasteiger partial charge < -0.3 is 15.4 Å². The number of nitrogens with zero attached hydrogens (tertiary/aromatic N) is 4. The fourth-order valence-corrected chi connectivity index (χ4v) is 1.92. The van der Waals surface area contributed by atoms with Crippen molar-refractivity contribution in [2.24, 2.45) is 5.73 Å². The van der Waals surface area contributed by atoms with Crippen LogP contribution in [0.1, 0.15) is 17.8 Å². The molecule has 0 radical (unpaired) electrons. The highest BCUT2D eigenvalue weighted by molar-refractivity contribution is 5.58. The second-order valence-corrected chi connectivity index (χ2v) is 4.77. The second-order valence-electron chi connectivity index (χ2n) is 4.77. The van der Waals surface area contributed by atoms with Crippen LogP contribution < -0.4 is 15.4 Å². The first-order valence-corrected chi connectivity index (χ1v) is 6.95. The number of hydrogen-bond donors (Lipinski definition) is 1. The molecular weight excluding hydrogens is 266 g/mol. The van der Waals surface area contributed by atoms with Crippen molar-refractivity contribution >= 4 is 11.6 Å². The molecule has 0 spiro atoms. The number of benzene rings is 1. The van der Waals surface area contributed by atoms with Gasteiger partial charge in [-0.25, -0.2) is 4.98 Å². The Hall–Kier alpha value is -2.21. The Bertz CT molecular complexity index is 585. The Morgan fingerprint density at radius 2 is 1.81 bits per heavy atom. The Morgan fingerprint density at radius 3 is 2.38 bits per heavy atom. The summed E-state index contributed by atoms with van der Waals surface area (Å²) in [5, 5.41) is 8.36. The van der Waals surface area contributed by atoms with E-state index < -0.39 is 0 Å². The summed E-state index contributed by atoms with van der Waals surface area (Å²) < 4.78 is 5.19. The Labute approximate surface area is 125 Å². The number of aromatic nitrogens is 3. The minimum Gasteiger partial charge on any atom is -0.497 e. The van der Waals surface area contributed by atoms with Crippen LogP contribution >= 0.6 is 0 Å². The lowest BCUT2D eigenvalue weighted by molar-refractivity contribution is 0.415. The zero-order chi connectivity index (χ0) is 15.2. The van der Waals surface area contributed by atoms with Gasteiger partial charge in [0.15, 0.2) is 0 Å². The van der Waals surface area contributed by atoms with Gasteiger partial charge in [0, 0.05) is 12.2 Å². The van der Waals surface area contributed by atoms with E-state index in [2.05, 4.69) is 15.2 Å². The predicted molar refractivity (Wildman–Crippen MR) is 83.0 cm³/mol. The van der Waals surface area contributed by atoms with Gasteiger partial charge in [-0.05, 0) is 51.1 Å². The summed E-state index contributed by atoms with van der Waals surface area (Å²) in [4.78, 5) is 6.54. The number of anilines is 2. The third-order valence-corrected chi connectivity index (χ3v) is 3.29. The molecule has 0 amide bonds. The van der Waals surface area contributed by atoms with Crippen LogP contribution in [0.3, 0.4) is 0 Å². The maximum atomic E-state index is 5.63. The second kappa shape index (κ2) is 6.99. The number of nitrogens with two attached hydrogens (primary N) is 1. The summed E-state index contributed by atoms with van der Waals surface area (Å²) in [6.45, 7) is 5.19. The SMILES string of the molecule is COc1ccc(N(CCCN)c2nnc(C)c(C)n2)cc1. The molecule has 6 heteroatoms. The molecule has 2 N–H and O–H groups in total. The third kappa shape index (κ3) is 3.66. The summed E-state index contributed by atoms with van der Waals surface area (Å²) >= 11 is 0. The number of hydrogen-bond acceptors (Lipinski definition) is 6. The van der Waals surface area contributed by atoms with Crippen molar-refractivity contribution in [1.82, 2.24) is 15.2 Å². The predicted octanol–water partition coefficient (Wildman–Crippen LogP) is 1.98. The average molecular weight is 287 g/mol. The zero-order valence-corrected chi connectivity index (χ0v) is 12.7. The first-order chi connectivity index (χ1) is 10.2. The van der Waals surface area contributed by atoms with E-state index in [-0.39, 0.29) is 0 Å². The first kappa shape index (κ1) is 15.2. The lowest BCUT2D eigenvalue weighted by Gasteiger charge is -2.22. The third-order valence-electron chi connectivity index (χ3n) is 3.29. The van der Waals surface area contributed by atoms with Gasteiger partial charge in [-0.2, -0.15) is 5.10 Å². The standard InChI is InChI=1S/C15H21N5O/c1-11-12(2)18-19-15(17-11)20(10-4-9-16)13-5-7-14(21-3)8-6-13/h5-8H,4,9-10,16H2,1-3H3. The van der Waals surface area contributed by atoms with Crippen molar-refractivity contribution in [3.8, 4) is 5.75 Å². The molecule has 0 saturated heterocycles. The maximum Gasteiger partial charge on any atom is 0.250 e. The highest BCUT2D eigenvalue weighted by atomic mass is 16.5. The van der Waals surface area contributed by atoms with Crippen molar-refractivity contribution in [2.75, 3.05) is 25.1 Å². The smallest absolute Gasteiger partial charge is 0.250 e. The number of aryl methyl sites for hydroxylation is 2. The van der Waals surface area contributed by atoms with Crippen LogP contribution in [0.25, 0.3) is 0 Å². The van der Waals surface area contributed by atoms with E-state index in [9.17, 15) is 0 Å². The molecule has 1 aromatic heterocycles. The molecule has 1 heterocycles. The molecular formula is C15H21N5O. The average Bonchev–Trinajstić information content (AvgIpc) is 2.51. The van der Waals surface area contributed by atoms with Gasteiger partial charge in [0.25, 0.3) is 0 Å². The summed E-state index contributed by atoms with van der Waals surface area (Å²) in [5.74, 6) is 1.41. The molecule has 0 aliphatic carbocycles. The van der Waals surface area contributed by atoms with Gasteiger partial charge in [-0.15, -0.1) is 5.10 Å². The zero-order valence-electron chi connectivity index (χ0n) is 12.7. The number of rotatable bonds is 6. The normalized spacial score (nSPS) is 10.5. The summed E-state index contributed by atoms with van der Waals surface area (Å²) in [5.41, 5.74) is 8.35. The van der Waals surface area contributed by atoms with Gasteiger partial charge >= 0.3 is 0 Å². The Balaban J connectivity index is 2.33. The van der Waals surface area contributed by atoms with E-state index in [0.717, 1.165) is 35.8 Å². The molecule has 0 aliphatic heterocycles. The van der Waals surface area contributed by atoms with Crippen LogP contribution in [0, 0.1) is 13.8 Å². The monoisotopic (exact) mass is 287 g/mol. The molecule has 21 heavy (non-hydrogen) atoms. The highest BCUT2D eigenvalue weighted by Gasteiger charge is 2.13. The van der Waals surface area contributed by atoms with Crippen molar-refractivity contribution < 1.29 is 4.74 Å². The molecule has 0 saturated carbocycles. The molecule has 0 atom stereocenters. The quantitative estimate of drug-likeness (QED) is 0.875. The largest absolute Gasteiger partial charge is 0.497 e. The Kier molecular flexibility index (Phi) is 5.05. The molecule has 1 aromatic carbocycles. The van der Waals surface area contributed by atoms with Crippen LogP contribution in [0.5, 0.6) is 5.75 Å². The highest BCUT2D eigenvalue weighted by Crippen LogP contribution is 2.24. The fraction of sp³-hybridized carbons (Fsp3) is 0.400. The minimum absolute atomic E-state index is 0.594. The molecule has 0 fully saturated rings. The van der Waals surface area contributed by atoms with Gasteiger partial charge in [0.05, 0.1) is 18.5 Å². The summed E-state index contributed by atoms with van der Waals surface area (Å²) in [6, 6.07) is 7.79. The molecule has 6 nitrogen and oxygen atoms in total. The van der Waals surface area contributed by atoms with E-state index in [4.69, 9.17) is 10.5 Å². The molecule has 0 bridgehead atoms. The van der Waals surface area contributed by atoms with Crippen LogP contribution in [0.15, 0.2) is 24.3 Å². The summed E-state index contributed by atoms with van der Waals surface area (Å²) in [6.07, 6.45) is 0.850. The van der Waals surface area contributed by atoms with Crippen LogP contribution in [-0.4, -0.2) is 35.4 Å². The number of ether oxygens (including phenoxy) is 1. The van der Waals surface area contributed by atoms with Crippen molar-refractivity contribution in [3.05, 3.63) is 35.7 Å². The van der Waals surface area contributed by atoms with Crippen LogP contribution in [-0.2, 0) is 0 Å². The van der Waals surface area contributed by atoms with E-state index >= 15 is 0 Å². The lowest BCUT2D eigenvalue weighted by atomic mass is 10.2. The van der Waals surface area contributed by atoms with Crippen LogP contribution in [0.4, 0.5) is 11.6 Å². The number of methoxy groups -OCH3 is 1. The van der Waals surface area contributed by atoms with Crippen molar-refractivity contribution in [1.29, 1.82) is 0 Å². The minimum atomic E-state index is 0.594. The van der Waals surface area contributed by atoms with E-state index in [1.54, 1.807) is 7.11 Å².